The van der Waals surface area contributed by atoms with Crippen molar-refractivity contribution in [3.63, 3.8) is 0 Å². The topological polar surface area (TPSA) is 137 Å². The van der Waals surface area contributed by atoms with E-state index in [0.29, 0.717) is 151 Å². The van der Waals surface area contributed by atoms with E-state index in [9.17, 15) is 19.2 Å². The normalized spacial score (nSPS) is 17.4. The first-order chi connectivity index (χ1) is 28.4. The van der Waals surface area contributed by atoms with Crippen LogP contribution in [0.5, 0.6) is 11.5 Å². The van der Waals surface area contributed by atoms with E-state index >= 15 is 0 Å². The molecule has 8 rings (SSSR count). The average Bonchev–Trinajstić information content (AvgIpc) is 3.29. The summed E-state index contributed by atoms with van der Waals surface area (Å²) in [6.07, 6.45) is 0. The second-order valence-electron chi connectivity index (χ2n) is 14.2. The van der Waals surface area contributed by atoms with E-state index in [4.69, 9.17) is 28.4 Å². The average molecular weight is 791 g/mol. The van der Waals surface area contributed by atoms with Crippen LogP contribution in [0.1, 0.15) is 41.4 Å². The lowest BCUT2D eigenvalue weighted by Gasteiger charge is -2.35. The minimum atomic E-state index is -0.757. The van der Waals surface area contributed by atoms with Gasteiger partial charge in [0.05, 0.1) is 75.6 Å². The molecule has 14 heteroatoms. The largest absolute Gasteiger partial charge is 0.423 e. The Morgan fingerprint density at radius 1 is 0.397 bits per heavy atom. The number of nitrogens with zero attached hydrogens (tertiary/aromatic N) is 4. The first kappa shape index (κ1) is 39.0. The van der Waals surface area contributed by atoms with E-state index in [2.05, 4.69) is 0 Å². The number of hydrogen-bond donors (Lipinski definition) is 0. The molecule has 302 valence electrons. The van der Waals surface area contributed by atoms with Crippen LogP contribution in [0.15, 0.2) is 84.9 Å². The van der Waals surface area contributed by atoms with Gasteiger partial charge in [0.2, 0.25) is 11.6 Å². The zero-order chi connectivity index (χ0) is 39.8. The molecule has 14 nitrogen and oxygen atoms in total. The second-order valence-corrected chi connectivity index (χ2v) is 14.2. The van der Waals surface area contributed by atoms with Gasteiger partial charge in [0.15, 0.2) is 0 Å². The molecule has 0 aliphatic carbocycles. The highest BCUT2D eigenvalue weighted by atomic mass is 16.5. The van der Waals surface area contributed by atoms with Crippen LogP contribution in [0, 0.1) is 0 Å². The van der Waals surface area contributed by atoms with Crippen LogP contribution in [0.4, 0.5) is 22.7 Å². The molecule has 4 saturated heterocycles. The number of anilines is 4. The van der Waals surface area contributed by atoms with Gasteiger partial charge in [-0.3, -0.25) is 9.59 Å². The maximum atomic E-state index is 14.7. The highest BCUT2D eigenvalue weighted by molar-refractivity contribution is 6.49. The minimum absolute atomic E-state index is 0.123. The Kier molecular flexibility index (Phi) is 12.3. The van der Waals surface area contributed by atoms with Crippen molar-refractivity contribution in [2.75, 3.05) is 125 Å². The van der Waals surface area contributed by atoms with Crippen molar-refractivity contribution in [2.24, 2.45) is 0 Å². The third-order valence-electron chi connectivity index (χ3n) is 10.6. The number of benzene rings is 4. The van der Waals surface area contributed by atoms with Crippen molar-refractivity contribution in [1.82, 2.24) is 0 Å². The molecule has 0 spiro atoms. The van der Waals surface area contributed by atoms with Crippen molar-refractivity contribution in [3.05, 3.63) is 107 Å². The van der Waals surface area contributed by atoms with Crippen molar-refractivity contribution in [3.8, 4) is 11.5 Å². The predicted molar refractivity (Wildman–Crippen MR) is 216 cm³/mol. The van der Waals surface area contributed by atoms with Crippen molar-refractivity contribution >= 4 is 46.3 Å². The number of ketones is 2. The summed E-state index contributed by atoms with van der Waals surface area (Å²) in [5.41, 5.74) is 2.75. The van der Waals surface area contributed by atoms with Crippen molar-refractivity contribution < 1.29 is 47.6 Å². The van der Waals surface area contributed by atoms with Gasteiger partial charge in [0, 0.05) is 63.5 Å². The van der Waals surface area contributed by atoms with Crippen LogP contribution in [-0.4, -0.2) is 129 Å². The van der Waals surface area contributed by atoms with E-state index in [1.807, 2.05) is 31.7 Å². The number of carbonyl (C=O) groups is 4. The molecule has 4 aromatic rings. The molecule has 0 aromatic heterocycles. The fourth-order valence-electron chi connectivity index (χ4n) is 7.67. The molecular weight excluding hydrogens is 745 g/mol. The van der Waals surface area contributed by atoms with Gasteiger partial charge in [-0.15, -0.1) is 0 Å². The van der Waals surface area contributed by atoms with Gasteiger partial charge >= 0.3 is 11.9 Å². The van der Waals surface area contributed by atoms with E-state index in [-0.39, 0.29) is 11.1 Å². The van der Waals surface area contributed by atoms with Gasteiger partial charge in [-0.1, -0.05) is 36.4 Å². The Morgan fingerprint density at radius 3 is 0.914 bits per heavy atom. The minimum Gasteiger partial charge on any atom is -0.423 e. The van der Waals surface area contributed by atoms with Crippen LogP contribution in [0.25, 0.3) is 0 Å². The van der Waals surface area contributed by atoms with Gasteiger partial charge in [-0.2, -0.15) is 0 Å². The second kappa shape index (κ2) is 18.2. The first-order valence-electron chi connectivity index (χ1n) is 19.7. The number of esters is 2. The maximum Gasteiger partial charge on any atom is 0.347 e. The third-order valence-corrected chi connectivity index (χ3v) is 10.6. The number of rotatable bonds is 11. The number of carbonyl (C=O) groups excluding carboxylic acids is 4. The van der Waals surface area contributed by atoms with Crippen LogP contribution >= 0.6 is 0 Å². The Hall–Kier alpha value is -5.80. The molecule has 4 heterocycles. The van der Waals surface area contributed by atoms with Crippen LogP contribution in [-0.2, 0) is 18.9 Å². The summed E-state index contributed by atoms with van der Waals surface area (Å²) >= 11 is 0. The zero-order valence-corrected chi connectivity index (χ0v) is 32.3. The standard InChI is InChI=1S/C44H46N4O10/c49-41(31-27-35(45-11-19-53-20-12-45)39(36(28-31)46-13-21-54-22-14-46)43(51)57-33-7-3-1-4-8-33)42(50)32-29-37(47-15-23-55-24-16-47)40(38(30-32)48-17-25-56-26-18-48)44(52)58-34-9-5-2-6-10-34/h1-10,27-30H,11-26H2. The number of hydrogen-bond acceptors (Lipinski definition) is 14. The van der Waals surface area contributed by atoms with E-state index in [0.717, 1.165) is 0 Å². The fourth-order valence-corrected chi connectivity index (χ4v) is 7.67. The Labute approximate surface area is 336 Å². The fraction of sp³-hybridized carbons (Fsp3) is 0.364. The summed E-state index contributed by atoms with van der Waals surface area (Å²) in [5, 5.41) is 0. The molecule has 4 aliphatic heterocycles. The summed E-state index contributed by atoms with van der Waals surface area (Å²) in [5.74, 6) is -1.91. The van der Waals surface area contributed by atoms with Crippen LogP contribution in [0.3, 0.4) is 0 Å². The predicted octanol–water partition coefficient (Wildman–Crippen LogP) is 4.54. The molecule has 4 fully saturated rings. The van der Waals surface area contributed by atoms with Gasteiger partial charge in [-0.25, -0.2) is 9.59 Å². The molecular formula is C44H46N4O10. The molecule has 0 radical (unpaired) electrons. The third kappa shape index (κ3) is 8.70. The molecule has 4 aromatic carbocycles. The monoisotopic (exact) mass is 790 g/mol. The lowest BCUT2D eigenvalue weighted by molar-refractivity contribution is 0.0724. The van der Waals surface area contributed by atoms with E-state index < -0.39 is 23.5 Å². The Bertz CT molecular complexity index is 1880. The summed E-state index contributed by atoms with van der Waals surface area (Å²) in [6, 6.07) is 24.1. The van der Waals surface area contributed by atoms with Gasteiger partial charge in [0.1, 0.15) is 22.6 Å². The van der Waals surface area contributed by atoms with Gasteiger partial charge in [-0.05, 0) is 48.5 Å². The number of Topliss-reactive ketones (excluding diaryl/α,β-unsaturated/α-hetero) is 2. The van der Waals surface area contributed by atoms with Crippen LogP contribution in [0.2, 0.25) is 0 Å². The molecule has 58 heavy (non-hydrogen) atoms. The summed E-state index contributed by atoms with van der Waals surface area (Å²) in [4.78, 5) is 65.8. The highest BCUT2D eigenvalue weighted by Gasteiger charge is 2.34. The molecule has 0 unspecified atom stereocenters. The zero-order valence-electron chi connectivity index (χ0n) is 32.3. The summed E-state index contributed by atoms with van der Waals surface area (Å²) in [7, 11) is 0. The lowest BCUT2D eigenvalue weighted by Crippen LogP contribution is -2.40. The first-order valence-corrected chi connectivity index (χ1v) is 19.7. The number of morpholine rings is 4. The highest BCUT2D eigenvalue weighted by Crippen LogP contribution is 2.38. The SMILES string of the molecule is O=C(C(=O)c1cc(N2CCOCC2)c(C(=O)Oc2ccccc2)c(N2CCOCC2)c1)c1cc(N2CCOCC2)c(C(=O)Oc2ccccc2)c(N2CCOCC2)c1. The molecule has 0 atom stereocenters. The molecule has 0 amide bonds. The number of para-hydroxylation sites is 2. The Balaban J connectivity index is 1.23. The lowest BCUT2D eigenvalue weighted by atomic mass is 9.94. The Morgan fingerprint density at radius 2 is 0.655 bits per heavy atom. The number of ether oxygens (including phenoxy) is 6. The van der Waals surface area contributed by atoms with Crippen molar-refractivity contribution in [1.29, 1.82) is 0 Å². The molecule has 0 bridgehead atoms. The maximum absolute atomic E-state index is 14.7. The van der Waals surface area contributed by atoms with Crippen molar-refractivity contribution in [2.45, 2.75) is 0 Å². The molecule has 0 saturated carbocycles. The smallest absolute Gasteiger partial charge is 0.347 e. The van der Waals surface area contributed by atoms with Gasteiger partial charge < -0.3 is 48.0 Å². The quantitative estimate of drug-likeness (QED) is 0.0911. The summed E-state index contributed by atoms with van der Waals surface area (Å²) in [6.45, 7) is 7.09. The van der Waals surface area contributed by atoms with E-state index in [1.54, 1.807) is 72.8 Å². The van der Waals surface area contributed by atoms with Crippen LogP contribution < -0.4 is 29.1 Å². The summed E-state index contributed by atoms with van der Waals surface area (Å²) < 4.78 is 34.5. The molecule has 0 N–H and O–H groups in total. The van der Waals surface area contributed by atoms with Gasteiger partial charge in [0.25, 0.3) is 0 Å². The molecule has 4 aliphatic rings. The van der Waals surface area contributed by atoms with E-state index in [1.165, 1.54) is 0 Å².